The van der Waals surface area contributed by atoms with Gasteiger partial charge < -0.3 is 5.73 Å². The molecule has 5 heteroatoms. The molecule has 0 saturated carbocycles. The Morgan fingerprint density at radius 1 is 1.44 bits per heavy atom. The van der Waals surface area contributed by atoms with E-state index in [1.54, 1.807) is 16.9 Å². The number of hydrogen-bond acceptors (Lipinski definition) is 2. The third-order valence-corrected chi connectivity index (χ3v) is 3.41. The van der Waals surface area contributed by atoms with Crippen LogP contribution in [0.2, 0.25) is 0 Å². The Labute approximate surface area is 107 Å². The summed E-state index contributed by atoms with van der Waals surface area (Å²) in [5.41, 5.74) is 7.94. The van der Waals surface area contributed by atoms with Crippen molar-refractivity contribution in [1.82, 2.24) is 9.78 Å². The summed E-state index contributed by atoms with van der Waals surface area (Å²) in [4.78, 5) is 0. The van der Waals surface area contributed by atoms with E-state index in [-0.39, 0.29) is 11.9 Å². The second kappa shape index (κ2) is 4.50. The number of nitrogens with zero attached hydrogens (tertiary/aromatic N) is 2. The molecule has 0 aliphatic carbocycles. The smallest absolute Gasteiger partial charge is 0.124 e. The Morgan fingerprint density at radius 3 is 2.75 bits per heavy atom. The highest BCUT2D eigenvalue weighted by Gasteiger charge is 2.15. The maximum Gasteiger partial charge on any atom is 0.124 e. The average molecular weight is 331 g/mol. The number of rotatable bonds is 2. The van der Waals surface area contributed by atoms with Crippen LogP contribution in [0.3, 0.4) is 0 Å². The van der Waals surface area contributed by atoms with Gasteiger partial charge in [-0.3, -0.25) is 4.68 Å². The largest absolute Gasteiger partial charge is 0.319 e. The van der Waals surface area contributed by atoms with Crippen LogP contribution < -0.4 is 5.73 Å². The van der Waals surface area contributed by atoms with Crippen LogP contribution in [0.25, 0.3) is 0 Å². The number of aryl methyl sites for hydroxylation is 1. The first-order chi connectivity index (χ1) is 7.59. The van der Waals surface area contributed by atoms with E-state index in [0.717, 1.165) is 14.8 Å². The van der Waals surface area contributed by atoms with Crippen molar-refractivity contribution < 1.29 is 4.39 Å². The second-order valence-corrected chi connectivity index (χ2v) is 4.69. The number of nitrogens with two attached hydrogens (primary N) is 1. The maximum absolute atomic E-state index is 13.0. The minimum absolute atomic E-state index is 0.245. The molecule has 2 N–H and O–H groups in total. The van der Waals surface area contributed by atoms with Gasteiger partial charge in [0.2, 0.25) is 0 Å². The second-order valence-electron chi connectivity index (χ2n) is 3.52. The lowest BCUT2D eigenvalue weighted by molar-refractivity contribution is 0.623. The van der Waals surface area contributed by atoms with Gasteiger partial charge >= 0.3 is 0 Å². The van der Waals surface area contributed by atoms with Gasteiger partial charge in [-0.15, -0.1) is 0 Å². The number of benzene rings is 1. The van der Waals surface area contributed by atoms with Crippen molar-refractivity contribution in [1.29, 1.82) is 0 Å². The van der Waals surface area contributed by atoms with Crippen LogP contribution in [-0.2, 0) is 7.05 Å². The van der Waals surface area contributed by atoms with Gasteiger partial charge in [0, 0.05) is 16.8 Å². The molecule has 0 aliphatic heterocycles. The molecule has 1 unspecified atom stereocenters. The van der Waals surface area contributed by atoms with Crippen LogP contribution in [0.15, 0.2) is 30.5 Å². The van der Waals surface area contributed by atoms with E-state index in [1.165, 1.54) is 12.1 Å². The molecule has 3 nitrogen and oxygen atoms in total. The van der Waals surface area contributed by atoms with Crippen molar-refractivity contribution in [2.75, 3.05) is 0 Å². The molecular formula is C11H11FIN3. The fourth-order valence-electron chi connectivity index (χ4n) is 1.60. The summed E-state index contributed by atoms with van der Waals surface area (Å²) in [6, 6.07) is 6.21. The van der Waals surface area contributed by atoms with E-state index in [4.69, 9.17) is 5.73 Å². The zero-order valence-electron chi connectivity index (χ0n) is 8.69. The Morgan fingerprint density at radius 2 is 2.19 bits per heavy atom. The molecule has 0 amide bonds. The first kappa shape index (κ1) is 11.5. The van der Waals surface area contributed by atoms with E-state index in [9.17, 15) is 4.39 Å². The number of aromatic nitrogens is 2. The molecule has 2 aromatic rings. The van der Waals surface area contributed by atoms with Crippen LogP contribution in [0, 0.1) is 9.39 Å². The van der Waals surface area contributed by atoms with Crippen molar-refractivity contribution >= 4 is 22.6 Å². The average Bonchev–Trinajstić information content (AvgIpc) is 2.63. The molecule has 16 heavy (non-hydrogen) atoms. The van der Waals surface area contributed by atoms with Gasteiger partial charge in [-0.2, -0.15) is 5.10 Å². The van der Waals surface area contributed by atoms with E-state index in [2.05, 4.69) is 27.7 Å². The Balaban J connectivity index is 2.41. The molecule has 0 spiro atoms. The molecule has 1 aromatic heterocycles. The highest BCUT2D eigenvalue weighted by atomic mass is 127. The Kier molecular flexibility index (Phi) is 3.25. The lowest BCUT2D eigenvalue weighted by Gasteiger charge is -2.14. The molecular weight excluding hydrogens is 320 g/mol. The zero-order valence-corrected chi connectivity index (χ0v) is 10.8. The molecule has 0 bridgehead atoms. The molecule has 0 fully saturated rings. The van der Waals surface area contributed by atoms with Crippen molar-refractivity contribution in [2.45, 2.75) is 6.04 Å². The SMILES string of the molecule is Cn1nccc1C(N)c1ccc(F)cc1I. The van der Waals surface area contributed by atoms with Gasteiger partial charge in [0.25, 0.3) is 0 Å². The van der Waals surface area contributed by atoms with Gasteiger partial charge in [0.05, 0.1) is 11.7 Å². The number of hydrogen-bond donors (Lipinski definition) is 1. The van der Waals surface area contributed by atoms with E-state index >= 15 is 0 Å². The summed E-state index contributed by atoms with van der Waals surface area (Å²) in [6.07, 6.45) is 1.70. The molecule has 1 aromatic carbocycles. The van der Waals surface area contributed by atoms with Gasteiger partial charge in [-0.1, -0.05) is 6.07 Å². The minimum Gasteiger partial charge on any atom is -0.319 e. The minimum atomic E-state index is -0.278. The first-order valence-electron chi connectivity index (χ1n) is 4.78. The van der Waals surface area contributed by atoms with Crippen LogP contribution >= 0.6 is 22.6 Å². The van der Waals surface area contributed by atoms with Crippen LogP contribution in [-0.4, -0.2) is 9.78 Å². The van der Waals surface area contributed by atoms with Crippen LogP contribution in [0.1, 0.15) is 17.3 Å². The molecule has 2 rings (SSSR count). The highest BCUT2D eigenvalue weighted by molar-refractivity contribution is 14.1. The molecule has 0 radical (unpaired) electrons. The summed E-state index contributed by atoms with van der Waals surface area (Å²) in [5.74, 6) is -0.245. The molecule has 1 heterocycles. The van der Waals surface area contributed by atoms with Crippen molar-refractivity contribution in [3.8, 4) is 0 Å². The third kappa shape index (κ3) is 2.10. The Hall–Kier alpha value is -0.950. The molecule has 1 atom stereocenters. The van der Waals surface area contributed by atoms with Gasteiger partial charge in [-0.25, -0.2) is 4.39 Å². The van der Waals surface area contributed by atoms with E-state index < -0.39 is 0 Å². The van der Waals surface area contributed by atoms with Gasteiger partial charge in [0.1, 0.15) is 5.82 Å². The van der Waals surface area contributed by atoms with Crippen LogP contribution in [0.4, 0.5) is 4.39 Å². The van der Waals surface area contributed by atoms with E-state index in [0.29, 0.717) is 0 Å². The summed E-state index contributed by atoms with van der Waals surface area (Å²) < 4.78 is 15.5. The molecule has 0 aliphatic rings. The fourth-order valence-corrected chi connectivity index (χ4v) is 2.42. The summed E-state index contributed by atoms with van der Waals surface area (Å²) >= 11 is 2.09. The van der Waals surface area contributed by atoms with Crippen molar-refractivity contribution in [3.05, 3.63) is 51.1 Å². The highest BCUT2D eigenvalue weighted by Crippen LogP contribution is 2.24. The van der Waals surface area contributed by atoms with Crippen molar-refractivity contribution in [3.63, 3.8) is 0 Å². The third-order valence-electron chi connectivity index (χ3n) is 2.48. The lowest BCUT2D eigenvalue weighted by atomic mass is 10.0. The predicted octanol–water partition coefficient (Wildman–Crippen LogP) is 2.21. The zero-order chi connectivity index (χ0) is 11.7. The summed E-state index contributed by atoms with van der Waals surface area (Å²) in [5, 5.41) is 4.07. The van der Waals surface area contributed by atoms with Crippen molar-refractivity contribution in [2.24, 2.45) is 12.8 Å². The standard InChI is InChI=1S/C11H11FIN3/c1-16-10(4-5-15-16)11(14)8-3-2-7(12)6-9(8)13/h2-6,11H,14H2,1H3. The summed E-state index contributed by atoms with van der Waals surface area (Å²) in [6.45, 7) is 0. The van der Waals surface area contributed by atoms with Crippen LogP contribution in [0.5, 0.6) is 0 Å². The van der Waals surface area contributed by atoms with Gasteiger partial charge in [0.15, 0.2) is 0 Å². The fraction of sp³-hybridized carbons (Fsp3) is 0.182. The quantitative estimate of drug-likeness (QED) is 0.858. The topological polar surface area (TPSA) is 43.8 Å². The number of halogens is 2. The molecule has 0 saturated heterocycles. The predicted molar refractivity (Wildman–Crippen MR) is 68.4 cm³/mol. The maximum atomic E-state index is 13.0. The Bertz CT molecular complexity index is 510. The lowest BCUT2D eigenvalue weighted by Crippen LogP contribution is -2.17. The summed E-state index contributed by atoms with van der Waals surface area (Å²) in [7, 11) is 1.84. The van der Waals surface area contributed by atoms with E-state index in [1.807, 2.05) is 13.1 Å². The normalized spacial score (nSPS) is 12.8. The monoisotopic (exact) mass is 331 g/mol. The van der Waals surface area contributed by atoms with Gasteiger partial charge in [-0.05, 0) is 46.4 Å². The first-order valence-corrected chi connectivity index (χ1v) is 5.86. The molecule has 84 valence electrons.